The Bertz CT molecular complexity index is 492. The summed E-state index contributed by atoms with van der Waals surface area (Å²) in [7, 11) is 0. The Morgan fingerprint density at radius 2 is 2.45 bits per heavy atom. The van der Waals surface area contributed by atoms with E-state index in [0.717, 1.165) is 38.0 Å². The van der Waals surface area contributed by atoms with Crippen LogP contribution >= 0.6 is 0 Å². The first kappa shape index (κ1) is 14.3. The number of piperidine rings is 1. The van der Waals surface area contributed by atoms with E-state index < -0.39 is 0 Å². The van der Waals surface area contributed by atoms with Gasteiger partial charge in [-0.1, -0.05) is 6.92 Å². The molecule has 0 aliphatic carbocycles. The molecule has 0 aromatic carbocycles. The van der Waals surface area contributed by atoms with Gasteiger partial charge in [0.2, 0.25) is 5.91 Å². The number of hydrogen-bond acceptors (Lipinski definition) is 4. The van der Waals surface area contributed by atoms with Gasteiger partial charge in [-0.2, -0.15) is 5.26 Å². The molecule has 0 spiro atoms. The van der Waals surface area contributed by atoms with Gasteiger partial charge in [-0.3, -0.25) is 4.79 Å². The van der Waals surface area contributed by atoms with Crippen LogP contribution in [0.4, 0.5) is 5.69 Å². The molecule has 1 N–H and O–H groups in total. The zero-order valence-corrected chi connectivity index (χ0v) is 11.8. The smallest absolute Gasteiger partial charge is 0.220 e. The van der Waals surface area contributed by atoms with Crippen molar-refractivity contribution in [2.45, 2.75) is 38.6 Å². The highest BCUT2D eigenvalue weighted by Crippen LogP contribution is 2.19. The average Bonchev–Trinajstić information content (AvgIpc) is 2.48. The molecular formula is C15H20N4O. The van der Waals surface area contributed by atoms with Crippen molar-refractivity contribution in [3.63, 3.8) is 0 Å². The highest BCUT2D eigenvalue weighted by molar-refractivity contribution is 5.76. The molecule has 1 aromatic heterocycles. The molecule has 1 amide bonds. The number of carbonyl (C=O) groups is 1. The van der Waals surface area contributed by atoms with Crippen molar-refractivity contribution < 1.29 is 4.79 Å². The average molecular weight is 272 g/mol. The quantitative estimate of drug-likeness (QED) is 0.908. The van der Waals surface area contributed by atoms with Crippen LogP contribution in [0.5, 0.6) is 0 Å². The SMILES string of the molecule is CCCC(=O)NC1CCCN(c2ccc(C#N)nc2)C1. The Hall–Kier alpha value is -2.09. The number of nitrogens with zero attached hydrogens (tertiary/aromatic N) is 3. The lowest BCUT2D eigenvalue weighted by Gasteiger charge is -2.34. The summed E-state index contributed by atoms with van der Waals surface area (Å²) in [6, 6.07) is 5.88. The van der Waals surface area contributed by atoms with Gasteiger partial charge >= 0.3 is 0 Å². The van der Waals surface area contributed by atoms with Gasteiger partial charge in [0.15, 0.2) is 0 Å². The molecule has 1 saturated heterocycles. The number of amides is 1. The molecule has 1 unspecified atom stereocenters. The molecule has 0 saturated carbocycles. The van der Waals surface area contributed by atoms with Crippen molar-refractivity contribution in [3.05, 3.63) is 24.0 Å². The standard InChI is InChI=1S/C15H20N4O/c1-2-4-15(20)18-13-5-3-8-19(11-13)14-7-6-12(9-16)17-10-14/h6-7,10,13H,2-5,8,11H2,1H3,(H,18,20). The molecular weight excluding hydrogens is 252 g/mol. The fourth-order valence-corrected chi connectivity index (χ4v) is 2.50. The van der Waals surface area contributed by atoms with Crippen LogP contribution in [0.25, 0.3) is 0 Å². The Kier molecular flexibility index (Phi) is 4.94. The number of aromatic nitrogens is 1. The van der Waals surface area contributed by atoms with Crippen LogP contribution in [-0.4, -0.2) is 30.0 Å². The minimum atomic E-state index is 0.136. The molecule has 1 fully saturated rings. The maximum Gasteiger partial charge on any atom is 0.220 e. The second-order valence-electron chi connectivity index (χ2n) is 5.12. The van der Waals surface area contributed by atoms with E-state index in [9.17, 15) is 4.79 Å². The van der Waals surface area contributed by atoms with Gasteiger partial charge < -0.3 is 10.2 Å². The summed E-state index contributed by atoms with van der Waals surface area (Å²) < 4.78 is 0. The van der Waals surface area contributed by atoms with Crippen molar-refractivity contribution in [2.24, 2.45) is 0 Å². The summed E-state index contributed by atoms with van der Waals surface area (Å²) in [6.45, 7) is 3.78. The molecule has 106 valence electrons. The lowest BCUT2D eigenvalue weighted by atomic mass is 10.0. The summed E-state index contributed by atoms with van der Waals surface area (Å²) in [5.41, 5.74) is 1.44. The van der Waals surface area contributed by atoms with Crippen molar-refractivity contribution in [2.75, 3.05) is 18.0 Å². The topological polar surface area (TPSA) is 69.0 Å². The van der Waals surface area contributed by atoms with Gasteiger partial charge in [-0.05, 0) is 31.4 Å². The maximum atomic E-state index is 11.7. The number of nitrogens with one attached hydrogen (secondary N) is 1. The van der Waals surface area contributed by atoms with Gasteiger partial charge in [0, 0.05) is 25.6 Å². The van der Waals surface area contributed by atoms with E-state index in [1.165, 1.54) is 0 Å². The van der Waals surface area contributed by atoms with E-state index in [4.69, 9.17) is 5.26 Å². The zero-order valence-electron chi connectivity index (χ0n) is 11.8. The number of rotatable bonds is 4. The van der Waals surface area contributed by atoms with Gasteiger partial charge in [0.1, 0.15) is 11.8 Å². The Morgan fingerprint density at radius 1 is 1.60 bits per heavy atom. The largest absolute Gasteiger partial charge is 0.368 e. The molecule has 5 heteroatoms. The van der Waals surface area contributed by atoms with E-state index in [0.29, 0.717) is 12.1 Å². The fraction of sp³-hybridized carbons (Fsp3) is 0.533. The number of anilines is 1. The Morgan fingerprint density at radius 3 is 3.10 bits per heavy atom. The predicted molar refractivity (Wildman–Crippen MR) is 77.2 cm³/mol. The minimum absolute atomic E-state index is 0.136. The predicted octanol–water partition coefficient (Wildman–Crippen LogP) is 1.84. The van der Waals surface area contributed by atoms with Crippen LogP contribution < -0.4 is 10.2 Å². The summed E-state index contributed by atoms with van der Waals surface area (Å²) in [5, 5.41) is 11.8. The molecule has 20 heavy (non-hydrogen) atoms. The Labute approximate surface area is 119 Å². The monoisotopic (exact) mass is 272 g/mol. The lowest BCUT2D eigenvalue weighted by Crippen LogP contribution is -2.47. The first-order valence-corrected chi connectivity index (χ1v) is 7.13. The maximum absolute atomic E-state index is 11.7. The van der Waals surface area contributed by atoms with Gasteiger partial charge in [-0.25, -0.2) is 4.98 Å². The van der Waals surface area contributed by atoms with E-state index >= 15 is 0 Å². The molecule has 5 nitrogen and oxygen atoms in total. The van der Waals surface area contributed by atoms with Crippen LogP contribution in [-0.2, 0) is 4.79 Å². The number of pyridine rings is 1. The first-order valence-electron chi connectivity index (χ1n) is 7.13. The molecule has 0 bridgehead atoms. The van der Waals surface area contributed by atoms with Crippen molar-refractivity contribution in [3.8, 4) is 6.07 Å². The number of nitriles is 1. The van der Waals surface area contributed by atoms with Crippen LogP contribution in [0.1, 0.15) is 38.3 Å². The van der Waals surface area contributed by atoms with Gasteiger partial charge in [0.05, 0.1) is 11.9 Å². The molecule has 0 radical (unpaired) electrons. The van der Waals surface area contributed by atoms with Gasteiger partial charge in [-0.15, -0.1) is 0 Å². The van der Waals surface area contributed by atoms with Crippen molar-refractivity contribution in [1.29, 1.82) is 5.26 Å². The van der Waals surface area contributed by atoms with Crippen molar-refractivity contribution >= 4 is 11.6 Å². The first-order chi connectivity index (χ1) is 9.72. The highest BCUT2D eigenvalue weighted by Gasteiger charge is 2.21. The van der Waals surface area contributed by atoms with Crippen LogP contribution in [0.3, 0.4) is 0 Å². The van der Waals surface area contributed by atoms with Crippen LogP contribution in [0, 0.1) is 11.3 Å². The number of hydrogen-bond donors (Lipinski definition) is 1. The molecule has 1 aliphatic heterocycles. The number of carbonyl (C=O) groups excluding carboxylic acids is 1. The summed E-state index contributed by atoms with van der Waals surface area (Å²) in [4.78, 5) is 18.0. The summed E-state index contributed by atoms with van der Waals surface area (Å²) in [6.07, 6.45) is 5.28. The molecule has 1 aliphatic rings. The van der Waals surface area contributed by atoms with E-state index in [1.54, 1.807) is 12.3 Å². The second kappa shape index (κ2) is 6.90. The van der Waals surface area contributed by atoms with Crippen LogP contribution in [0.15, 0.2) is 18.3 Å². The van der Waals surface area contributed by atoms with Crippen LogP contribution in [0.2, 0.25) is 0 Å². The molecule has 2 rings (SSSR count). The summed E-state index contributed by atoms with van der Waals surface area (Å²) in [5.74, 6) is 0.136. The highest BCUT2D eigenvalue weighted by atomic mass is 16.1. The Balaban J connectivity index is 1.95. The summed E-state index contributed by atoms with van der Waals surface area (Å²) >= 11 is 0. The third-order valence-electron chi connectivity index (χ3n) is 3.49. The third kappa shape index (κ3) is 3.70. The minimum Gasteiger partial charge on any atom is -0.368 e. The second-order valence-corrected chi connectivity index (χ2v) is 5.12. The zero-order chi connectivity index (χ0) is 14.4. The molecule has 1 atom stereocenters. The van der Waals surface area contributed by atoms with Gasteiger partial charge in [0.25, 0.3) is 0 Å². The molecule has 1 aromatic rings. The van der Waals surface area contributed by atoms with E-state index in [2.05, 4.69) is 15.2 Å². The third-order valence-corrected chi connectivity index (χ3v) is 3.49. The normalized spacial score (nSPS) is 18.4. The molecule has 2 heterocycles. The van der Waals surface area contributed by atoms with Crippen molar-refractivity contribution in [1.82, 2.24) is 10.3 Å². The van der Waals surface area contributed by atoms with E-state index in [-0.39, 0.29) is 11.9 Å². The lowest BCUT2D eigenvalue weighted by molar-refractivity contribution is -0.121. The fourth-order valence-electron chi connectivity index (χ4n) is 2.50. The van der Waals surface area contributed by atoms with E-state index in [1.807, 2.05) is 19.1 Å².